The quantitative estimate of drug-likeness (QED) is 0.787. The third-order valence-electron chi connectivity index (χ3n) is 2.63. The lowest BCUT2D eigenvalue weighted by atomic mass is 10.2. The summed E-state index contributed by atoms with van der Waals surface area (Å²) in [5.74, 6) is 0.736. The molecule has 5 heteroatoms. The molecule has 1 unspecified atom stereocenters. The van der Waals surface area contributed by atoms with Gasteiger partial charge in [0.25, 0.3) is 0 Å². The third kappa shape index (κ3) is 3.30. The molecule has 2 heterocycles. The SMILES string of the molecule is COCc1cc(COCC2CCCN2)no1. The second-order valence-electron chi connectivity index (χ2n) is 4.03. The minimum absolute atomic E-state index is 0.456. The number of ether oxygens (including phenoxy) is 2. The fraction of sp³-hybridized carbons (Fsp3) is 0.727. The van der Waals surface area contributed by atoms with Crippen LogP contribution in [-0.2, 0) is 22.7 Å². The van der Waals surface area contributed by atoms with Crippen molar-refractivity contribution in [3.63, 3.8) is 0 Å². The summed E-state index contributed by atoms with van der Waals surface area (Å²) in [5, 5.41) is 7.28. The molecule has 90 valence electrons. The maximum Gasteiger partial charge on any atom is 0.162 e. The molecule has 0 aliphatic carbocycles. The van der Waals surface area contributed by atoms with Gasteiger partial charge in [-0.2, -0.15) is 0 Å². The van der Waals surface area contributed by atoms with Crippen LogP contribution in [0.2, 0.25) is 0 Å². The van der Waals surface area contributed by atoms with Crippen LogP contribution in [0, 0.1) is 0 Å². The second kappa shape index (κ2) is 5.98. The van der Waals surface area contributed by atoms with Crippen molar-refractivity contribution in [3.8, 4) is 0 Å². The molecular weight excluding hydrogens is 208 g/mol. The van der Waals surface area contributed by atoms with Gasteiger partial charge in [-0.25, -0.2) is 0 Å². The number of nitrogens with one attached hydrogen (secondary N) is 1. The Hall–Kier alpha value is -0.910. The normalized spacial score (nSPS) is 20.4. The van der Waals surface area contributed by atoms with Crippen LogP contribution in [0.25, 0.3) is 0 Å². The van der Waals surface area contributed by atoms with Gasteiger partial charge < -0.3 is 19.3 Å². The summed E-state index contributed by atoms with van der Waals surface area (Å²) in [6.45, 7) is 2.81. The molecule has 2 rings (SSSR count). The molecule has 0 amide bonds. The van der Waals surface area contributed by atoms with Crippen molar-refractivity contribution in [3.05, 3.63) is 17.5 Å². The summed E-state index contributed by atoms with van der Waals surface area (Å²) in [5.41, 5.74) is 0.824. The third-order valence-corrected chi connectivity index (χ3v) is 2.63. The average molecular weight is 226 g/mol. The average Bonchev–Trinajstić information content (AvgIpc) is 2.90. The van der Waals surface area contributed by atoms with Gasteiger partial charge in [-0.1, -0.05) is 5.16 Å². The highest BCUT2D eigenvalue weighted by Crippen LogP contribution is 2.08. The molecule has 0 saturated carbocycles. The minimum Gasteiger partial charge on any atom is -0.377 e. The molecule has 1 saturated heterocycles. The Morgan fingerprint density at radius 2 is 2.50 bits per heavy atom. The molecule has 1 aliphatic heterocycles. The van der Waals surface area contributed by atoms with E-state index in [1.165, 1.54) is 12.8 Å². The van der Waals surface area contributed by atoms with Crippen molar-refractivity contribution >= 4 is 0 Å². The maximum atomic E-state index is 5.57. The summed E-state index contributed by atoms with van der Waals surface area (Å²) in [6, 6.07) is 2.37. The molecule has 1 N–H and O–H groups in total. The number of hydrogen-bond donors (Lipinski definition) is 1. The van der Waals surface area contributed by atoms with E-state index in [-0.39, 0.29) is 0 Å². The molecule has 1 atom stereocenters. The van der Waals surface area contributed by atoms with Gasteiger partial charge in [-0.3, -0.25) is 0 Å². The Morgan fingerprint density at radius 1 is 1.56 bits per heavy atom. The smallest absolute Gasteiger partial charge is 0.162 e. The monoisotopic (exact) mass is 226 g/mol. The van der Waals surface area contributed by atoms with Crippen LogP contribution in [0.3, 0.4) is 0 Å². The van der Waals surface area contributed by atoms with Crippen LogP contribution >= 0.6 is 0 Å². The maximum absolute atomic E-state index is 5.57. The molecular formula is C11H18N2O3. The van der Waals surface area contributed by atoms with E-state index >= 15 is 0 Å². The zero-order chi connectivity index (χ0) is 11.2. The largest absolute Gasteiger partial charge is 0.377 e. The molecule has 1 aromatic heterocycles. The fourth-order valence-corrected chi connectivity index (χ4v) is 1.84. The summed E-state index contributed by atoms with van der Waals surface area (Å²) < 4.78 is 15.6. The van der Waals surface area contributed by atoms with E-state index in [0.29, 0.717) is 19.3 Å². The zero-order valence-corrected chi connectivity index (χ0v) is 9.57. The van der Waals surface area contributed by atoms with Crippen molar-refractivity contribution < 1.29 is 14.0 Å². The summed E-state index contributed by atoms with van der Waals surface area (Å²) >= 11 is 0. The Morgan fingerprint density at radius 3 is 3.25 bits per heavy atom. The van der Waals surface area contributed by atoms with E-state index in [9.17, 15) is 0 Å². The number of nitrogens with zero attached hydrogens (tertiary/aromatic N) is 1. The lowest BCUT2D eigenvalue weighted by Gasteiger charge is -2.09. The first-order chi connectivity index (χ1) is 7.88. The van der Waals surface area contributed by atoms with E-state index < -0.39 is 0 Å². The summed E-state index contributed by atoms with van der Waals surface area (Å²) in [7, 11) is 1.63. The van der Waals surface area contributed by atoms with Gasteiger partial charge in [-0.15, -0.1) is 0 Å². The predicted octanol–water partition coefficient (Wildman–Crippen LogP) is 1.09. The highest BCUT2D eigenvalue weighted by Gasteiger charge is 2.14. The van der Waals surface area contributed by atoms with Crippen molar-refractivity contribution in [2.45, 2.75) is 32.1 Å². The van der Waals surface area contributed by atoms with Crippen LogP contribution in [0.15, 0.2) is 10.6 Å². The van der Waals surface area contributed by atoms with Gasteiger partial charge in [0.15, 0.2) is 5.76 Å². The molecule has 16 heavy (non-hydrogen) atoms. The molecule has 0 radical (unpaired) electrons. The van der Waals surface area contributed by atoms with E-state index in [0.717, 1.165) is 24.6 Å². The lowest BCUT2D eigenvalue weighted by Crippen LogP contribution is -2.26. The zero-order valence-electron chi connectivity index (χ0n) is 9.57. The molecule has 1 aromatic rings. The summed E-state index contributed by atoms with van der Waals surface area (Å²) in [4.78, 5) is 0. The van der Waals surface area contributed by atoms with Crippen molar-refractivity contribution in [1.29, 1.82) is 0 Å². The van der Waals surface area contributed by atoms with Gasteiger partial charge in [0.05, 0.1) is 13.2 Å². The van der Waals surface area contributed by atoms with E-state index in [2.05, 4.69) is 10.5 Å². The Balaban J connectivity index is 1.67. The van der Waals surface area contributed by atoms with Gasteiger partial charge in [-0.05, 0) is 19.4 Å². The number of aromatic nitrogens is 1. The lowest BCUT2D eigenvalue weighted by molar-refractivity contribution is 0.0984. The Bertz CT molecular complexity index is 308. The first-order valence-electron chi connectivity index (χ1n) is 5.63. The first kappa shape index (κ1) is 11.6. The molecule has 0 bridgehead atoms. The van der Waals surface area contributed by atoms with Gasteiger partial charge >= 0.3 is 0 Å². The second-order valence-corrected chi connectivity index (χ2v) is 4.03. The van der Waals surface area contributed by atoms with Crippen molar-refractivity contribution in [1.82, 2.24) is 10.5 Å². The predicted molar refractivity (Wildman–Crippen MR) is 57.9 cm³/mol. The Labute approximate surface area is 95.1 Å². The Kier molecular flexibility index (Phi) is 4.33. The topological polar surface area (TPSA) is 56.5 Å². The molecule has 1 fully saturated rings. The van der Waals surface area contributed by atoms with Gasteiger partial charge in [0, 0.05) is 19.2 Å². The number of methoxy groups -OCH3 is 1. The number of rotatable bonds is 6. The van der Waals surface area contributed by atoms with E-state index in [4.69, 9.17) is 14.0 Å². The van der Waals surface area contributed by atoms with Gasteiger partial charge in [0.1, 0.15) is 12.3 Å². The minimum atomic E-state index is 0.456. The van der Waals surface area contributed by atoms with E-state index in [1.807, 2.05) is 6.07 Å². The number of hydrogen-bond acceptors (Lipinski definition) is 5. The molecule has 5 nitrogen and oxygen atoms in total. The van der Waals surface area contributed by atoms with Gasteiger partial charge in [0.2, 0.25) is 0 Å². The fourth-order valence-electron chi connectivity index (χ4n) is 1.84. The van der Waals surface area contributed by atoms with Crippen LogP contribution < -0.4 is 5.32 Å². The molecule has 0 aromatic carbocycles. The van der Waals surface area contributed by atoms with Crippen molar-refractivity contribution in [2.24, 2.45) is 0 Å². The van der Waals surface area contributed by atoms with Crippen molar-refractivity contribution in [2.75, 3.05) is 20.3 Å². The summed E-state index contributed by atoms with van der Waals surface area (Å²) in [6.07, 6.45) is 2.45. The molecule has 1 aliphatic rings. The highest BCUT2D eigenvalue weighted by molar-refractivity contribution is 5.03. The van der Waals surface area contributed by atoms with Crippen LogP contribution in [0.1, 0.15) is 24.3 Å². The highest BCUT2D eigenvalue weighted by atomic mass is 16.5. The van der Waals surface area contributed by atoms with Crippen LogP contribution in [-0.4, -0.2) is 31.5 Å². The van der Waals surface area contributed by atoms with E-state index in [1.54, 1.807) is 7.11 Å². The first-order valence-corrected chi connectivity index (χ1v) is 5.63. The molecule has 0 spiro atoms. The van der Waals surface area contributed by atoms with Crippen LogP contribution in [0.5, 0.6) is 0 Å². The standard InChI is InChI=1S/C11H18N2O3/c1-14-8-11-5-10(13-16-11)7-15-6-9-3-2-4-12-9/h5,9,12H,2-4,6-8H2,1H3. The van der Waals surface area contributed by atoms with Crippen LogP contribution in [0.4, 0.5) is 0 Å².